The number of nitrogens with zero attached hydrogens (tertiary/aromatic N) is 6. The second-order valence-corrected chi connectivity index (χ2v) is 15.0. The van der Waals surface area contributed by atoms with E-state index in [0.29, 0.717) is 24.7 Å². The molecular formula is C39H43F3N6O8S. The van der Waals surface area contributed by atoms with E-state index in [1.165, 1.54) is 60.3 Å². The molecule has 0 aliphatic carbocycles. The number of ether oxygens (including phenoxy) is 5. The second-order valence-electron chi connectivity index (χ2n) is 13.3. The number of hydrogen-bond donors (Lipinski definition) is 0. The van der Waals surface area contributed by atoms with Crippen molar-refractivity contribution in [3.8, 4) is 6.07 Å². The predicted molar refractivity (Wildman–Crippen MR) is 200 cm³/mol. The Morgan fingerprint density at radius 2 is 1.77 bits per heavy atom. The summed E-state index contributed by atoms with van der Waals surface area (Å²) < 4.78 is 73.7. The monoisotopic (exact) mass is 812 g/mol. The number of benzene rings is 2. The fourth-order valence-electron chi connectivity index (χ4n) is 6.12. The lowest BCUT2D eigenvalue weighted by Crippen LogP contribution is -2.47. The lowest BCUT2D eigenvalue weighted by molar-refractivity contribution is -0.172. The summed E-state index contributed by atoms with van der Waals surface area (Å²) in [6.45, 7) is 5.59. The van der Waals surface area contributed by atoms with Crippen LogP contribution >= 0.6 is 11.8 Å². The third-order valence-electron chi connectivity index (χ3n) is 9.21. The number of piperazine rings is 1. The molecule has 2 saturated heterocycles. The van der Waals surface area contributed by atoms with Gasteiger partial charge in [0.25, 0.3) is 0 Å². The van der Waals surface area contributed by atoms with Gasteiger partial charge < -0.3 is 33.5 Å². The Bertz CT molecular complexity index is 1950. The van der Waals surface area contributed by atoms with Gasteiger partial charge in [-0.1, -0.05) is 24.3 Å². The Balaban J connectivity index is 1.24. The first kappa shape index (κ1) is 42.9. The summed E-state index contributed by atoms with van der Waals surface area (Å²) in [6.07, 6.45) is 5.15. The molecule has 3 heterocycles. The van der Waals surface area contributed by atoms with E-state index in [9.17, 15) is 23.2 Å². The van der Waals surface area contributed by atoms with Crippen LogP contribution in [-0.2, 0) is 45.4 Å². The highest BCUT2D eigenvalue weighted by Crippen LogP contribution is 2.42. The molecule has 2 aromatic carbocycles. The van der Waals surface area contributed by atoms with Gasteiger partial charge in [0.1, 0.15) is 30.1 Å². The molecule has 0 saturated carbocycles. The van der Waals surface area contributed by atoms with Crippen molar-refractivity contribution in [3.63, 3.8) is 0 Å². The summed E-state index contributed by atoms with van der Waals surface area (Å²) >= 11 is 1.25. The molecule has 5 rings (SSSR count). The number of thioether (sulfide) groups is 1. The average Bonchev–Trinajstić information content (AvgIpc) is 3.69. The average molecular weight is 813 g/mol. The van der Waals surface area contributed by atoms with Crippen molar-refractivity contribution < 1.29 is 51.2 Å². The highest BCUT2D eigenvalue weighted by molar-refractivity contribution is 8.00. The normalized spacial score (nSPS) is 19.8. The summed E-state index contributed by atoms with van der Waals surface area (Å²) in [5.41, 5.74) is -1.58. The van der Waals surface area contributed by atoms with Crippen molar-refractivity contribution in [1.29, 1.82) is 5.26 Å². The van der Waals surface area contributed by atoms with E-state index in [-0.39, 0.29) is 54.9 Å². The van der Waals surface area contributed by atoms with Crippen LogP contribution in [0, 0.1) is 28.8 Å². The Morgan fingerprint density at radius 3 is 2.44 bits per heavy atom. The van der Waals surface area contributed by atoms with Crippen LogP contribution in [0.25, 0.3) is 6.08 Å². The third-order valence-corrected chi connectivity index (χ3v) is 10.7. The van der Waals surface area contributed by atoms with Crippen LogP contribution in [0.3, 0.4) is 0 Å². The predicted octanol–water partition coefficient (Wildman–Crippen LogP) is 5.19. The van der Waals surface area contributed by atoms with Gasteiger partial charge in [0.05, 0.1) is 43.1 Å². The lowest BCUT2D eigenvalue weighted by atomic mass is 9.89. The molecule has 1 amide bonds. The molecule has 14 nitrogen and oxygen atoms in total. The molecule has 0 radical (unpaired) electrons. The van der Waals surface area contributed by atoms with E-state index in [4.69, 9.17) is 28.9 Å². The second kappa shape index (κ2) is 20.3. The van der Waals surface area contributed by atoms with Crippen LogP contribution in [0.15, 0.2) is 67.3 Å². The molecule has 3 aromatic rings. The molecule has 2 fully saturated rings. The third kappa shape index (κ3) is 12.1. The molecule has 1 aromatic heterocycles. The van der Waals surface area contributed by atoms with E-state index < -0.39 is 53.0 Å². The largest absolute Gasteiger partial charge is 0.512 e. The number of carbonyl (C=O) groups is 3. The van der Waals surface area contributed by atoms with Crippen LogP contribution in [0.1, 0.15) is 43.4 Å². The number of hydrogen-bond acceptors (Lipinski definition) is 13. The van der Waals surface area contributed by atoms with E-state index in [1.54, 1.807) is 30.1 Å². The molecule has 2 aliphatic rings. The van der Waals surface area contributed by atoms with Crippen molar-refractivity contribution in [3.05, 3.63) is 101 Å². The molecular weight excluding hydrogens is 770 g/mol. The molecule has 304 valence electrons. The fraction of sp³-hybridized carbons (Fsp3) is 0.436. The SMILES string of the molecule is CC(OC(=O)CCC(=O)N1CCN(C)CC1)OC(=O)O[C@@](Cn1cncn1)(c1ccc(F)cc1F)[C@@H](C)SC1COC(/C=C/C=C/c2ccc(C#N)cc2F)OC1. The number of likely N-dealkylation sites (N-methyl/N-ethyl adjacent to an activating group) is 1. The Kier molecular flexibility index (Phi) is 15.3. The summed E-state index contributed by atoms with van der Waals surface area (Å²) in [7, 11) is 1.96. The van der Waals surface area contributed by atoms with Crippen LogP contribution in [0.5, 0.6) is 0 Å². The first-order chi connectivity index (χ1) is 27.3. The van der Waals surface area contributed by atoms with Gasteiger partial charge in [-0.2, -0.15) is 10.4 Å². The zero-order chi connectivity index (χ0) is 41.0. The molecule has 0 bridgehead atoms. The van der Waals surface area contributed by atoms with Crippen molar-refractivity contribution in [2.24, 2.45) is 0 Å². The number of rotatable bonds is 15. The van der Waals surface area contributed by atoms with Crippen molar-refractivity contribution >= 4 is 35.9 Å². The van der Waals surface area contributed by atoms with Gasteiger partial charge in [-0.3, -0.25) is 9.59 Å². The van der Waals surface area contributed by atoms with Crippen LogP contribution in [0.4, 0.5) is 18.0 Å². The van der Waals surface area contributed by atoms with Gasteiger partial charge in [-0.05, 0) is 44.3 Å². The zero-order valence-electron chi connectivity index (χ0n) is 31.6. The number of carbonyl (C=O) groups excluding carboxylic acids is 3. The van der Waals surface area contributed by atoms with E-state index in [1.807, 2.05) is 13.1 Å². The maximum atomic E-state index is 15.7. The molecule has 3 atom stereocenters. The smallest absolute Gasteiger partial charge is 0.425 e. The van der Waals surface area contributed by atoms with E-state index in [2.05, 4.69) is 15.0 Å². The molecule has 0 spiro atoms. The summed E-state index contributed by atoms with van der Waals surface area (Å²) in [5.74, 6) is -3.36. The van der Waals surface area contributed by atoms with Gasteiger partial charge in [-0.25, -0.2) is 27.6 Å². The number of aromatic nitrogens is 3. The standard InChI is InChI=1S/C39H43F3N6O8S/c1-26(57-31-21-52-37(53-22-31)7-5-4-6-29-9-8-28(20-43)18-33(29)41)39(23-48-25-44-24-45-48,32-11-10-30(40)19-34(32)42)56-38(51)55-27(2)54-36(50)13-12-35(49)47-16-14-46(3)15-17-47/h4-11,18-19,24-27,31,37H,12-17,21-23H2,1-3H3/b6-4+,7-5+/t26-,27?,31?,37?,39-/m1/s1. The topological polar surface area (TPSA) is 158 Å². The number of amides is 1. The molecule has 1 unspecified atom stereocenters. The minimum atomic E-state index is -1.91. The Labute approximate surface area is 332 Å². The summed E-state index contributed by atoms with van der Waals surface area (Å²) in [4.78, 5) is 46.4. The molecule has 57 heavy (non-hydrogen) atoms. The minimum absolute atomic E-state index is 0.0803. The first-order valence-electron chi connectivity index (χ1n) is 18.1. The molecule has 0 N–H and O–H groups in total. The summed E-state index contributed by atoms with van der Waals surface area (Å²) in [5, 5.41) is 11.9. The minimum Gasteiger partial charge on any atom is -0.425 e. The van der Waals surface area contributed by atoms with Gasteiger partial charge >= 0.3 is 12.1 Å². The van der Waals surface area contributed by atoms with Crippen molar-refractivity contribution in [2.45, 2.75) is 61.9 Å². The quantitative estimate of drug-likeness (QED) is 0.112. The van der Waals surface area contributed by atoms with Gasteiger partial charge in [0, 0.05) is 62.0 Å². The maximum Gasteiger partial charge on any atom is 0.512 e. The van der Waals surface area contributed by atoms with Gasteiger partial charge in [0.2, 0.25) is 12.2 Å². The van der Waals surface area contributed by atoms with Crippen LogP contribution in [-0.4, -0.2) is 112 Å². The zero-order valence-corrected chi connectivity index (χ0v) is 32.4. The first-order valence-corrected chi connectivity index (χ1v) is 19.1. The highest BCUT2D eigenvalue weighted by Gasteiger charge is 2.47. The highest BCUT2D eigenvalue weighted by atomic mass is 32.2. The molecule has 2 aliphatic heterocycles. The number of esters is 1. The van der Waals surface area contributed by atoms with Crippen LogP contribution in [0.2, 0.25) is 0 Å². The van der Waals surface area contributed by atoms with Gasteiger partial charge in [0.15, 0.2) is 11.9 Å². The Hall–Kier alpha value is -5.22. The van der Waals surface area contributed by atoms with E-state index >= 15 is 4.39 Å². The summed E-state index contributed by atoms with van der Waals surface area (Å²) in [6, 6.07) is 8.90. The Morgan fingerprint density at radius 1 is 1.02 bits per heavy atom. The number of nitriles is 1. The van der Waals surface area contributed by atoms with Crippen LogP contribution < -0.4 is 0 Å². The number of allylic oxidation sites excluding steroid dienone is 2. The maximum absolute atomic E-state index is 15.7. The molecule has 18 heteroatoms. The van der Waals surface area contributed by atoms with E-state index in [0.717, 1.165) is 25.2 Å². The van der Waals surface area contributed by atoms with Crippen molar-refractivity contribution in [1.82, 2.24) is 24.6 Å². The fourth-order valence-corrected chi connectivity index (χ4v) is 7.49. The van der Waals surface area contributed by atoms with Gasteiger partial charge in [-0.15, -0.1) is 11.8 Å². The number of halogens is 3. The lowest BCUT2D eigenvalue weighted by Gasteiger charge is -2.40. The van der Waals surface area contributed by atoms with Crippen molar-refractivity contribution in [2.75, 3.05) is 46.4 Å².